The summed E-state index contributed by atoms with van der Waals surface area (Å²) in [6.45, 7) is 0. The maximum absolute atomic E-state index is 11.7. The van der Waals surface area contributed by atoms with Gasteiger partial charge in [0.15, 0.2) is 0 Å². The van der Waals surface area contributed by atoms with Crippen LogP contribution < -0.4 is 15.3 Å². The van der Waals surface area contributed by atoms with Crippen LogP contribution in [0.2, 0.25) is 0 Å². The first-order chi connectivity index (χ1) is 8.60. The summed E-state index contributed by atoms with van der Waals surface area (Å²) in [6.07, 6.45) is 1.99. The van der Waals surface area contributed by atoms with E-state index in [-0.39, 0.29) is 18.7 Å². The molecule has 0 aromatic heterocycles. The number of carbonyl (C=O) groups is 2. The number of benzene rings is 1. The topological polar surface area (TPSA) is 76.0 Å². The molecule has 18 heavy (non-hydrogen) atoms. The van der Waals surface area contributed by atoms with Crippen molar-refractivity contribution in [2.45, 2.75) is 12.8 Å². The van der Waals surface area contributed by atoms with Crippen LogP contribution in [0, 0.1) is 5.92 Å². The number of carbonyl (C=O) groups excluding carboxylic acids is 1. The number of methoxy groups -OCH3 is 1. The Bertz CT molecular complexity index is 606. The van der Waals surface area contributed by atoms with Crippen LogP contribution in [0.3, 0.4) is 0 Å². The molecule has 1 aromatic rings. The van der Waals surface area contributed by atoms with Gasteiger partial charge in [-0.2, -0.15) is 0 Å². The molecule has 0 saturated carbocycles. The zero-order valence-electron chi connectivity index (χ0n) is 9.92. The molecule has 5 nitrogen and oxygen atoms in total. The number of amides is 1. The van der Waals surface area contributed by atoms with Crippen LogP contribution in [-0.2, 0) is 9.59 Å². The molecule has 1 amide bonds. The second-order valence-corrected chi connectivity index (χ2v) is 4.08. The number of carboxylic acids is 1. The van der Waals surface area contributed by atoms with Gasteiger partial charge in [0.05, 0.1) is 18.4 Å². The van der Waals surface area contributed by atoms with Gasteiger partial charge in [-0.05, 0) is 24.6 Å². The van der Waals surface area contributed by atoms with Crippen molar-refractivity contribution in [1.29, 1.82) is 0 Å². The van der Waals surface area contributed by atoms with E-state index in [0.29, 0.717) is 11.1 Å². The number of rotatable bonds is 4. The van der Waals surface area contributed by atoms with Crippen molar-refractivity contribution in [3.8, 4) is 5.75 Å². The van der Waals surface area contributed by atoms with Crippen LogP contribution in [-0.4, -0.2) is 24.1 Å². The van der Waals surface area contributed by atoms with Crippen molar-refractivity contribution < 1.29 is 19.4 Å². The molecule has 1 aliphatic rings. The Hall–Kier alpha value is -2.17. The van der Waals surface area contributed by atoms with E-state index in [4.69, 9.17) is 9.84 Å². The molecule has 94 valence electrons. The van der Waals surface area contributed by atoms with E-state index < -0.39 is 11.9 Å². The fraction of sp³-hybridized carbons (Fsp3) is 0.308. The largest absolute Gasteiger partial charge is 0.497 e. The van der Waals surface area contributed by atoms with E-state index in [1.165, 1.54) is 0 Å². The molecule has 0 radical (unpaired) electrons. The first-order valence-corrected chi connectivity index (χ1v) is 5.60. The third-order valence-electron chi connectivity index (χ3n) is 2.83. The second-order valence-electron chi connectivity index (χ2n) is 4.08. The molecular weight excluding hydrogens is 234 g/mol. The molecule has 2 rings (SSSR count). The summed E-state index contributed by atoms with van der Waals surface area (Å²) >= 11 is 0. The summed E-state index contributed by atoms with van der Waals surface area (Å²) in [5.74, 6) is -0.964. The predicted molar refractivity (Wildman–Crippen MR) is 63.6 cm³/mol. The van der Waals surface area contributed by atoms with E-state index in [2.05, 4.69) is 4.99 Å². The summed E-state index contributed by atoms with van der Waals surface area (Å²) in [6, 6.07) is 5.25. The van der Waals surface area contributed by atoms with Crippen molar-refractivity contribution in [2.24, 2.45) is 10.9 Å². The normalized spacial score (nSPS) is 17.4. The van der Waals surface area contributed by atoms with Crippen LogP contribution in [0.15, 0.2) is 23.2 Å². The molecule has 1 aromatic carbocycles. The molecule has 1 aliphatic heterocycles. The zero-order chi connectivity index (χ0) is 13.1. The molecule has 0 saturated heterocycles. The fourth-order valence-electron chi connectivity index (χ4n) is 1.87. The van der Waals surface area contributed by atoms with Gasteiger partial charge < -0.3 is 9.84 Å². The van der Waals surface area contributed by atoms with Gasteiger partial charge in [-0.15, -0.1) is 0 Å². The van der Waals surface area contributed by atoms with Crippen LogP contribution in [0.5, 0.6) is 5.75 Å². The summed E-state index contributed by atoms with van der Waals surface area (Å²) in [5, 5.41) is 10.0. The van der Waals surface area contributed by atoms with E-state index in [9.17, 15) is 9.59 Å². The number of aliphatic carboxylic acids is 1. The van der Waals surface area contributed by atoms with Crippen LogP contribution in [0.25, 0.3) is 6.08 Å². The van der Waals surface area contributed by atoms with Gasteiger partial charge in [0.2, 0.25) is 0 Å². The molecule has 0 bridgehead atoms. The zero-order valence-corrected chi connectivity index (χ0v) is 9.92. The van der Waals surface area contributed by atoms with E-state index in [0.717, 1.165) is 5.22 Å². The molecule has 0 fully saturated rings. The Kier molecular flexibility index (Phi) is 3.41. The van der Waals surface area contributed by atoms with E-state index >= 15 is 0 Å². The number of carboxylic acid groups (broad SMARTS) is 1. The number of hydrogen-bond acceptors (Lipinski definition) is 3. The predicted octanol–water partition coefficient (Wildman–Crippen LogP) is 0.116. The van der Waals surface area contributed by atoms with Gasteiger partial charge in [-0.1, -0.05) is 6.08 Å². The molecule has 1 unspecified atom stereocenters. The van der Waals surface area contributed by atoms with Crippen molar-refractivity contribution in [3.63, 3.8) is 0 Å². The Morgan fingerprint density at radius 1 is 1.50 bits per heavy atom. The highest BCUT2D eigenvalue weighted by Crippen LogP contribution is 2.13. The SMILES string of the molecule is COc1ccc2c(c1)=CC(CCC(=O)O)C(=O)N=2. The van der Waals surface area contributed by atoms with Crippen LogP contribution in [0.1, 0.15) is 12.8 Å². The van der Waals surface area contributed by atoms with Gasteiger partial charge >= 0.3 is 5.97 Å². The van der Waals surface area contributed by atoms with Crippen molar-refractivity contribution in [1.82, 2.24) is 0 Å². The minimum absolute atomic E-state index is 0.0400. The number of nitrogens with zero attached hydrogens (tertiary/aromatic N) is 1. The molecule has 5 heteroatoms. The number of fused-ring (bicyclic) bond motifs is 1. The van der Waals surface area contributed by atoms with Gasteiger partial charge in [-0.3, -0.25) is 9.59 Å². The lowest BCUT2D eigenvalue weighted by Gasteiger charge is -2.11. The van der Waals surface area contributed by atoms with Gasteiger partial charge in [-0.25, -0.2) is 4.99 Å². The minimum atomic E-state index is -0.910. The van der Waals surface area contributed by atoms with Gasteiger partial charge in [0, 0.05) is 11.6 Å². The highest BCUT2D eigenvalue weighted by Gasteiger charge is 2.19. The van der Waals surface area contributed by atoms with E-state index in [1.807, 2.05) is 0 Å². The van der Waals surface area contributed by atoms with Crippen molar-refractivity contribution >= 4 is 18.0 Å². The minimum Gasteiger partial charge on any atom is -0.497 e. The number of ether oxygens (including phenoxy) is 1. The highest BCUT2D eigenvalue weighted by atomic mass is 16.5. The Balaban J connectivity index is 2.34. The van der Waals surface area contributed by atoms with Crippen molar-refractivity contribution in [3.05, 3.63) is 28.8 Å². The molecular formula is C13H13NO4. The summed E-state index contributed by atoms with van der Waals surface area (Å²) in [4.78, 5) is 26.2. The summed E-state index contributed by atoms with van der Waals surface area (Å²) in [5.41, 5.74) is 0. The molecule has 1 atom stereocenters. The monoisotopic (exact) mass is 247 g/mol. The number of hydrogen-bond donors (Lipinski definition) is 1. The first kappa shape index (κ1) is 12.3. The third kappa shape index (κ3) is 2.56. The average Bonchev–Trinajstić information content (AvgIpc) is 2.35. The van der Waals surface area contributed by atoms with Crippen molar-refractivity contribution in [2.75, 3.05) is 7.11 Å². The maximum Gasteiger partial charge on any atom is 0.303 e. The standard InChI is InChI=1S/C13H13NO4/c1-18-10-3-4-11-9(7-10)6-8(13(17)14-11)2-5-12(15)16/h3-4,6-8H,2,5H2,1H3,(H,15,16). The smallest absolute Gasteiger partial charge is 0.303 e. The fourth-order valence-corrected chi connectivity index (χ4v) is 1.87. The molecule has 1 N–H and O–H groups in total. The molecule has 1 heterocycles. The lowest BCUT2D eigenvalue weighted by molar-refractivity contribution is -0.137. The Morgan fingerprint density at radius 3 is 2.94 bits per heavy atom. The second kappa shape index (κ2) is 5.00. The average molecular weight is 247 g/mol. The van der Waals surface area contributed by atoms with Gasteiger partial charge in [0.25, 0.3) is 5.91 Å². The quantitative estimate of drug-likeness (QED) is 0.819. The summed E-state index contributed by atoms with van der Waals surface area (Å²) < 4.78 is 5.10. The van der Waals surface area contributed by atoms with Gasteiger partial charge in [0.1, 0.15) is 5.75 Å². The Labute approximate surface area is 103 Å². The molecule has 0 spiro atoms. The lowest BCUT2D eigenvalue weighted by Crippen LogP contribution is -2.33. The lowest BCUT2D eigenvalue weighted by atomic mass is 9.98. The maximum atomic E-state index is 11.7. The third-order valence-corrected chi connectivity index (χ3v) is 2.83. The molecule has 0 aliphatic carbocycles. The van der Waals surface area contributed by atoms with Crippen LogP contribution >= 0.6 is 0 Å². The van der Waals surface area contributed by atoms with Crippen LogP contribution in [0.4, 0.5) is 0 Å². The highest BCUT2D eigenvalue weighted by molar-refractivity contribution is 5.86. The Morgan fingerprint density at radius 2 is 2.28 bits per heavy atom. The van der Waals surface area contributed by atoms with E-state index in [1.54, 1.807) is 31.4 Å². The summed E-state index contributed by atoms with van der Waals surface area (Å²) in [7, 11) is 1.56. The first-order valence-electron chi connectivity index (χ1n) is 5.60.